The van der Waals surface area contributed by atoms with Crippen molar-refractivity contribution < 1.29 is 22.7 Å². The van der Waals surface area contributed by atoms with Crippen molar-refractivity contribution >= 4 is 13.3 Å². The Kier molecular flexibility index (Phi) is 3.44. The third-order valence-electron chi connectivity index (χ3n) is 2.26. The minimum absolute atomic E-state index is 0.514. The highest BCUT2D eigenvalue weighted by atomic mass is 28.3. The topological polar surface area (TPSA) is 20.2 Å². The predicted molar refractivity (Wildman–Crippen MR) is 55.2 cm³/mol. The van der Waals surface area contributed by atoms with Crippen LogP contribution in [0.2, 0.25) is 19.6 Å². The molecule has 0 heterocycles. The summed E-state index contributed by atoms with van der Waals surface area (Å²) in [6, 6.07) is 0. The molecule has 0 saturated heterocycles. The van der Waals surface area contributed by atoms with E-state index >= 15 is 0 Å². The zero-order valence-electron chi connectivity index (χ0n) is 9.17. The van der Waals surface area contributed by atoms with Crippen LogP contribution in [0.5, 0.6) is 0 Å². The summed E-state index contributed by atoms with van der Waals surface area (Å²) in [6.07, 6.45) is 0. The molecule has 0 fully saturated rings. The van der Waals surface area contributed by atoms with Crippen molar-refractivity contribution in [1.29, 1.82) is 0 Å². The van der Waals surface area contributed by atoms with Gasteiger partial charge >= 0.3 is 0 Å². The number of aliphatic hydroxyl groups excluding tert-OH is 1. The van der Waals surface area contributed by atoms with E-state index in [0.29, 0.717) is 0 Å². The molecule has 1 aromatic rings. The van der Waals surface area contributed by atoms with Crippen LogP contribution in [0.15, 0.2) is 0 Å². The van der Waals surface area contributed by atoms with Crippen molar-refractivity contribution in [3.05, 3.63) is 28.8 Å². The summed E-state index contributed by atoms with van der Waals surface area (Å²) < 4.78 is 53.7. The SMILES string of the molecule is C[Si](C)(C)c1c(F)c(F)c(CO)c(F)c1F. The van der Waals surface area contributed by atoms with E-state index in [1.807, 2.05) is 0 Å². The number of aliphatic hydroxyl groups is 1. The third-order valence-corrected chi connectivity index (χ3v) is 4.20. The molecule has 0 saturated carbocycles. The van der Waals surface area contributed by atoms with Crippen molar-refractivity contribution in [3.63, 3.8) is 0 Å². The van der Waals surface area contributed by atoms with Crippen LogP contribution in [0.4, 0.5) is 17.6 Å². The van der Waals surface area contributed by atoms with Gasteiger partial charge in [-0.3, -0.25) is 0 Å². The Bertz CT molecular complexity index is 397. The number of hydrogen-bond acceptors (Lipinski definition) is 1. The summed E-state index contributed by atoms with van der Waals surface area (Å²) in [5, 5.41) is 8.13. The highest BCUT2D eigenvalue weighted by molar-refractivity contribution is 6.88. The lowest BCUT2D eigenvalue weighted by Crippen LogP contribution is -2.44. The molecule has 1 rings (SSSR count). The first-order valence-electron chi connectivity index (χ1n) is 4.68. The number of hydrogen-bond donors (Lipinski definition) is 1. The Labute approximate surface area is 91.7 Å². The van der Waals surface area contributed by atoms with Gasteiger partial charge in [-0.25, -0.2) is 17.6 Å². The summed E-state index contributed by atoms with van der Waals surface area (Å²) in [5.41, 5.74) is -0.961. The lowest BCUT2D eigenvalue weighted by molar-refractivity contribution is 0.263. The monoisotopic (exact) mass is 252 g/mol. The molecule has 0 spiro atoms. The zero-order chi connectivity index (χ0) is 12.7. The largest absolute Gasteiger partial charge is 0.391 e. The molecular formula is C10H12F4OSi. The van der Waals surface area contributed by atoms with Crippen molar-refractivity contribution in [1.82, 2.24) is 0 Å². The summed E-state index contributed by atoms with van der Waals surface area (Å²) in [5.74, 6) is -5.78. The summed E-state index contributed by atoms with van der Waals surface area (Å²) in [6.45, 7) is 3.65. The molecule has 6 heteroatoms. The molecule has 1 nitrogen and oxygen atoms in total. The summed E-state index contributed by atoms with van der Waals surface area (Å²) in [4.78, 5) is 0. The van der Waals surface area contributed by atoms with Gasteiger partial charge in [0.2, 0.25) is 0 Å². The predicted octanol–water partition coefficient (Wildman–Crippen LogP) is 2.28. The Morgan fingerprint density at radius 1 is 0.875 bits per heavy atom. The minimum Gasteiger partial charge on any atom is -0.391 e. The van der Waals surface area contributed by atoms with Crippen LogP contribution in [-0.2, 0) is 6.61 Å². The average Bonchev–Trinajstić information content (AvgIpc) is 2.14. The lowest BCUT2D eigenvalue weighted by atomic mass is 10.2. The Morgan fingerprint density at radius 3 is 1.50 bits per heavy atom. The van der Waals surface area contributed by atoms with Crippen LogP contribution in [0.25, 0.3) is 0 Å². The first kappa shape index (κ1) is 13.2. The van der Waals surface area contributed by atoms with Crippen LogP contribution in [0, 0.1) is 23.3 Å². The quantitative estimate of drug-likeness (QED) is 0.486. The highest BCUT2D eigenvalue weighted by Gasteiger charge is 2.32. The maximum Gasteiger partial charge on any atom is 0.167 e. The van der Waals surface area contributed by atoms with E-state index < -0.39 is 48.7 Å². The van der Waals surface area contributed by atoms with Crippen LogP contribution in [0.1, 0.15) is 5.56 Å². The normalized spacial score (nSPS) is 12.0. The van der Waals surface area contributed by atoms with Crippen LogP contribution in [0.3, 0.4) is 0 Å². The van der Waals surface area contributed by atoms with E-state index in [9.17, 15) is 17.6 Å². The van der Waals surface area contributed by atoms with E-state index in [-0.39, 0.29) is 0 Å². The van der Waals surface area contributed by atoms with Gasteiger partial charge in [-0.05, 0) is 0 Å². The first-order valence-corrected chi connectivity index (χ1v) is 8.18. The Hall–Kier alpha value is -0.883. The van der Waals surface area contributed by atoms with Crippen molar-refractivity contribution in [3.8, 4) is 0 Å². The van der Waals surface area contributed by atoms with Gasteiger partial charge in [-0.2, -0.15) is 0 Å². The number of rotatable bonds is 2. The third kappa shape index (κ3) is 1.99. The summed E-state index contributed by atoms with van der Waals surface area (Å²) >= 11 is 0. The van der Waals surface area contributed by atoms with Crippen molar-refractivity contribution in [2.24, 2.45) is 0 Å². The van der Waals surface area contributed by atoms with Gasteiger partial charge in [0.15, 0.2) is 23.3 Å². The van der Waals surface area contributed by atoms with E-state index in [2.05, 4.69) is 0 Å². The van der Waals surface area contributed by atoms with Gasteiger partial charge in [0.1, 0.15) is 0 Å². The lowest BCUT2D eigenvalue weighted by Gasteiger charge is -2.20. The standard InChI is InChI=1S/C10H12F4OSi/c1-16(2,3)10-8(13)6(11)5(4-15)7(12)9(10)14/h15H,4H2,1-3H3. The molecule has 16 heavy (non-hydrogen) atoms. The van der Waals surface area contributed by atoms with E-state index in [1.54, 1.807) is 19.6 Å². The second-order valence-electron chi connectivity index (χ2n) is 4.52. The Balaban J connectivity index is 3.67. The average molecular weight is 252 g/mol. The zero-order valence-corrected chi connectivity index (χ0v) is 10.2. The van der Waals surface area contributed by atoms with Crippen LogP contribution < -0.4 is 5.19 Å². The molecule has 0 atom stereocenters. The van der Waals surface area contributed by atoms with Gasteiger partial charge in [0.25, 0.3) is 0 Å². The second kappa shape index (κ2) is 4.18. The molecule has 0 aliphatic rings. The number of benzene rings is 1. The van der Waals surface area contributed by atoms with Gasteiger partial charge in [-0.15, -0.1) is 0 Å². The molecular weight excluding hydrogens is 240 g/mol. The molecule has 0 unspecified atom stereocenters. The highest BCUT2D eigenvalue weighted by Crippen LogP contribution is 2.20. The smallest absolute Gasteiger partial charge is 0.167 e. The van der Waals surface area contributed by atoms with Crippen molar-refractivity contribution in [2.75, 3.05) is 0 Å². The van der Waals surface area contributed by atoms with Gasteiger partial charge in [0, 0.05) is 5.19 Å². The molecule has 90 valence electrons. The number of halogens is 4. The fourth-order valence-electron chi connectivity index (χ4n) is 1.47. The minimum atomic E-state index is -2.53. The fourth-order valence-corrected chi connectivity index (χ4v) is 3.01. The van der Waals surface area contributed by atoms with E-state index in [0.717, 1.165) is 0 Å². The second-order valence-corrected chi connectivity index (χ2v) is 9.52. The Morgan fingerprint density at radius 2 is 1.25 bits per heavy atom. The van der Waals surface area contributed by atoms with Gasteiger partial charge in [0.05, 0.1) is 20.2 Å². The van der Waals surface area contributed by atoms with E-state index in [1.165, 1.54) is 0 Å². The van der Waals surface area contributed by atoms with Gasteiger partial charge in [-0.1, -0.05) is 19.6 Å². The summed E-state index contributed by atoms with van der Waals surface area (Å²) in [7, 11) is -2.53. The van der Waals surface area contributed by atoms with Crippen LogP contribution in [-0.4, -0.2) is 13.2 Å². The van der Waals surface area contributed by atoms with Gasteiger partial charge < -0.3 is 5.11 Å². The molecule has 0 radical (unpaired) electrons. The fraction of sp³-hybridized carbons (Fsp3) is 0.400. The maximum absolute atomic E-state index is 13.5. The molecule has 0 aliphatic carbocycles. The van der Waals surface area contributed by atoms with Crippen LogP contribution >= 0.6 is 0 Å². The molecule has 1 N–H and O–H groups in total. The molecule has 0 bridgehead atoms. The van der Waals surface area contributed by atoms with Crippen molar-refractivity contribution in [2.45, 2.75) is 26.2 Å². The molecule has 0 aromatic heterocycles. The first-order chi connectivity index (χ1) is 7.21. The maximum atomic E-state index is 13.5. The molecule has 1 aromatic carbocycles. The molecule has 0 aliphatic heterocycles. The van der Waals surface area contributed by atoms with E-state index in [4.69, 9.17) is 5.11 Å². The molecule has 0 amide bonds.